The molecule has 0 spiro atoms. The summed E-state index contributed by atoms with van der Waals surface area (Å²) in [6.45, 7) is 9.01. The van der Waals surface area contributed by atoms with E-state index < -0.39 is 0 Å². The lowest BCUT2D eigenvalue weighted by Crippen LogP contribution is -2.25. The summed E-state index contributed by atoms with van der Waals surface area (Å²) >= 11 is 1.64. The number of benzene rings is 1. The maximum atomic E-state index is 11.4. The number of amides is 1. The number of fused-ring (bicyclic) bond motifs is 1. The van der Waals surface area contributed by atoms with Crippen LogP contribution in [0, 0.1) is 12.3 Å². The number of carbonyl (C=O) groups is 3. The number of nitrogens with two attached hydrogens (primary N) is 1. The number of likely N-dealkylation sites (N-methyl/N-ethyl adjacent to an activating group) is 1. The third-order valence-electron chi connectivity index (χ3n) is 5.39. The van der Waals surface area contributed by atoms with Crippen molar-refractivity contribution in [3.05, 3.63) is 80.3 Å². The summed E-state index contributed by atoms with van der Waals surface area (Å²) in [5.74, 6) is -0.356. The summed E-state index contributed by atoms with van der Waals surface area (Å²) in [5.41, 5.74) is 10.6. The smallest absolute Gasteiger partial charge is 0.251 e. The molecular weight excluding hydrogens is 512 g/mol. The van der Waals surface area contributed by atoms with E-state index in [-0.39, 0.29) is 12.5 Å². The molecule has 0 atom stereocenters. The van der Waals surface area contributed by atoms with Gasteiger partial charge in [-0.2, -0.15) is 0 Å². The molecule has 1 aliphatic heterocycles. The normalized spacial score (nSPS) is 11.6. The van der Waals surface area contributed by atoms with Crippen molar-refractivity contribution in [2.45, 2.75) is 40.3 Å². The topological polar surface area (TPSA) is 141 Å². The molecule has 1 aromatic carbocycles. The number of aryl methyl sites for hydroxylation is 1. The number of hydrogen-bond acceptors (Lipinski definition) is 9. The second-order valence-electron chi connectivity index (χ2n) is 8.40. The monoisotopic (exact) mass is 552 g/mol. The zero-order valence-corrected chi connectivity index (χ0v) is 24.2. The first kappa shape index (κ1) is 33.3. The predicted octanol–water partition coefficient (Wildman–Crippen LogP) is 3.88. The molecule has 0 radical (unpaired) electrons. The fourth-order valence-electron chi connectivity index (χ4n) is 3.55. The van der Waals surface area contributed by atoms with Gasteiger partial charge in [0.05, 0.1) is 11.4 Å². The summed E-state index contributed by atoms with van der Waals surface area (Å²) in [6, 6.07) is 10.7. The molecule has 0 unspecified atom stereocenters. The van der Waals surface area contributed by atoms with E-state index >= 15 is 0 Å². The number of nitrogens with one attached hydrogen (secondary N) is 3. The molecule has 10 heteroatoms. The van der Waals surface area contributed by atoms with Crippen LogP contribution in [-0.2, 0) is 24.3 Å². The average molecular weight is 553 g/mol. The van der Waals surface area contributed by atoms with E-state index in [4.69, 9.17) is 11.1 Å². The first-order valence-electron chi connectivity index (χ1n) is 12.7. The molecule has 0 saturated heterocycles. The Bertz CT molecular complexity index is 1210. The second-order valence-corrected chi connectivity index (χ2v) is 9.57. The van der Waals surface area contributed by atoms with E-state index in [1.54, 1.807) is 23.5 Å². The fourth-order valence-corrected chi connectivity index (χ4v) is 4.53. The molecular formula is C29H40N6O3S. The highest BCUT2D eigenvalue weighted by Crippen LogP contribution is 2.26. The van der Waals surface area contributed by atoms with Gasteiger partial charge in [0, 0.05) is 59.4 Å². The zero-order chi connectivity index (χ0) is 29.2. The van der Waals surface area contributed by atoms with Gasteiger partial charge in [-0.15, -0.1) is 11.3 Å². The lowest BCUT2D eigenvalue weighted by atomic mass is 10.1. The minimum absolute atomic E-state index is 0.0247. The molecule has 39 heavy (non-hydrogen) atoms. The molecule has 210 valence electrons. The minimum Gasteiger partial charge on any atom is -0.398 e. The Hall–Kier alpha value is -3.73. The number of pyridine rings is 1. The van der Waals surface area contributed by atoms with Crippen molar-refractivity contribution in [2.24, 2.45) is 0 Å². The zero-order valence-electron chi connectivity index (χ0n) is 23.4. The van der Waals surface area contributed by atoms with E-state index in [1.807, 2.05) is 46.1 Å². The Kier molecular flexibility index (Phi) is 15.8. The van der Waals surface area contributed by atoms with E-state index in [2.05, 4.69) is 33.6 Å². The van der Waals surface area contributed by atoms with Gasteiger partial charge in [-0.05, 0) is 75.0 Å². The summed E-state index contributed by atoms with van der Waals surface area (Å²) in [5, 5.41) is 12.5. The van der Waals surface area contributed by atoms with Crippen LogP contribution in [0.15, 0.2) is 42.6 Å². The van der Waals surface area contributed by atoms with E-state index in [1.165, 1.54) is 22.1 Å². The molecule has 2 aromatic heterocycles. The Balaban J connectivity index is 0.000000288. The number of anilines is 1. The highest BCUT2D eigenvalue weighted by molar-refractivity contribution is 7.13. The van der Waals surface area contributed by atoms with Gasteiger partial charge in [0.1, 0.15) is 6.29 Å². The molecule has 3 heterocycles. The van der Waals surface area contributed by atoms with Crippen molar-refractivity contribution in [3.63, 3.8) is 0 Å². The van der Waals surface area contributed by atoms with Crippen LogP contribution in [-0.4, -0.2) is 61.8 Å². The molecule has 0 saturated carbocycles. The highest BCUT2D eigenvalue weighted by atomic mass is 32.1. The number of aldehydes is 2. The van der Waals surface area contributed by atoms with Crippen molar-refractivity contribution in [1.29, 1.82) is 5.41 Å². The van der Waals surface area contributed by atoms with Crippen molar-refractivity contribution < 1.29 is 14.4 Å². The standard InChI is InChI=1S/C10H11N3O2.C9H11NOS.C8H12N2.C2H6/c11-6-8-5-7(1-2-9(8)12)10(15)13-3-4-14;1-10-3-2-9-7(5-10)4-8(6-11)12-9;1-7-5-8(6-9-2)3-4-10-7;1-2/h1-2,4-6,11H,3,12H2,(H,13,15);4,6H,2-3,5H2,1H3;3-5,9H,6H2,1-2H3;1-2H3. The Labute approximate surface area is 235 Å². The lowest BCUT2D eigenvalue weighted by Gasteiger charge is -2.21. The molecule has 0 bridgehead atoms. The SMILES string of the molecule is CC.CN1CCc2sc(C=O)cc2C1.CNCc1ccnc(C)c1.N=Cc1cc(C(=O)NCC=O)ccc1N. The van der Waals surface area contributed by atoms with Gasteiger partial charge in [-0.1, -0.05) is 13.8 Å². The molecule has 0 fully saturated rings. The average Bonchev–Trinajstić information content (AvgIpc) is 3.36. The quantitative estimate of drug-likeness (QED) is 0.198. The Morgan fingerprint density at radius 1 is 1.21 bits per heavy atom. The van der Waals surface area contributed by atoms with Crippen molar-refractivity contribution in [3.8, 4) is 0 Å². The maximum absolute atomic E-state index is 11.4. The van der Waals surface area contributed by atoms with E-state index in [9.17, 15) is 14.4 Å². The number of thiophene rings is 1. The maximum Gasteiger partial charge on any atom is 0.251 e. The van der Waals surface area contributed by atoms with Crippen LogP contribution in [0.2, 0.25) is 0 Å². The van der Waals surface area contributed by atoms with Crippen molar-refractivity contribution in [1.82, 2.24) is 20.5 Å². The minimum atomic E-state index is -0.356. The molecule has 1 aliphatic rings. The number of rotatable bonds is 7. The van der Waals surface area contributed by atoms with E-state index in [0.717, 1.165) is 49.1 Å². The van der Waals surface area contributed by atoms with Crippen LogP contribution in [0.4, 0.5) is 5.69 Å². The lowest BCUT2D eigenvalue weighted by molar-refractivity contribution is -0.107. The number of nitrogen functional groups attached to an aromatic ring is 1. The van der Waals surface area contributed by atoms with Gasteiger partial charge in [-0.3, -0.25) is 14.6 Å². The van der Waals surface area contributed by atoms with Gasteiger partial charge in [-0.25, -0.2) is 0 Å². The summed E-state index contributed by atoms with van der Waals surface area (Å²) in [4.78, 5) is 40.6. The molecule has 4 rings (SSSR count). The summed E-state index contributed by atoms with van der Waals surface area (Å²) < 4.78 is 0. The first-order valence-corrected chi connectivity index (χ1v) is 13.6. The number of aromatic nitrogens is 1. The van der Waals surface area contributed by atoms with E-state index in [0.29, 0.717) is 23.1 Å². The Morgan fingerprint density at radius 2 is 1.95 bits per heavy atom. The van der Waals surface area contributed by atoms with Crippen molar-refractivity contribution >= 4 is 41.7 Å². The number of carbonyl (C=O) groups excluding carboxylic acids is 3. The molecule has 3 aromatic rings. The molecule has 9 nitrogen and oxygen atoms in total. The van der Waals surface area contributed by atoms with Gasteiger partial charge in [0.25, 0.3) is 5.91 Å². The van der Waals surface area contributed by atoms with Crippen LogP contribution in [0.3, 0.4) is 0 Å². The fraction of sp³-hybridized carbons (Fsp3) is 0.345. The van der Waals surface area contributed by atoms with Gasteiger partial charge < -0.3 is 31.5 Å². The van der Waals surface area contributed by atoms with Crippen LogP contribution < -0.4 is 16.4 Å². The van der Waals surface area contributed by atoms with Crippen molar-refractivity contribution in [2.75, 3.05) is 32.9 Å². The van der Waals surface area contributed by atoms with Gasteiger partial charge in [0.15, 0.2) is 6.29 Å². The highest BCUT2D eigenvalue weighted by Gasteiger charge is 2.15. The van der Waals surface area contributed by atoms with Crippen LogP contribution >= 0.6 is 11.3 Å². The summed E-state index contributed by atoms with van der Waals surface area (Å²) in [6.07, 6.45) is 5.56. The van der Waals surface area contributed by atoms with Crippen LogP contribution in [0.5, 0.6) is 0 Å². The third kappa shape index (κ3) is 11.7. The molecule has 5 N–H and O–H groups in total. The Morgan fingerprint density at radius 3 is 2.56 bits per heavy atom. The molecule has 0 aliphatic carbocycles. The third-order valence-corrected chi connectivity index (χ3v) is 6.55. The second kappa shape index (κ2) is 18.5. The van der Waals surface area contributed by atoms with Crippen LogP contribution in [0.1, 0.15) is 61.1 Å². The number of hydrogen-bond donors (Lipinski definition) is 4. The van der Waals surface area contributed by atoms with Gasteiger partial charge in [0.2, 0.25) is 0 Å². The van der Waals surface area contributed by atoms with Gasteiger partial charge >= 0.3 is 0 Å². The largest absolute Gasteiger partial charge is 0.398 e. The summed E-state index contributed by atoms with van der Waals surface area (Å²) in [7, 11) is 4.05. The van der Waals surface area contributed by atoms with Crippen LogP contribution in [0.25, 0.3) is 0 Å². The predicted molar refractivity (Wildman–Crippen MR) is 160 cm³/mol. The molecule has 1 amide bonds. The number of nitrogens with zero attached hydrogens (tertiary/aromatic N) is 2. The first-order chi connectivity index (χ1) is 18.8.